The molecule has 0 atom stereocenters. The van der Waals surface area contributed by atoms with Crippen LogP contribution in [0.1, 0.15) is 41.0 Å². The molecule has 2 nitrogen and oxygen atoms in total. The predicted octanol–water partition coefficient (Wildman–Crippen LogP) is 3.06. The first-order valence-electron chi connectivity index (χ1n) is 5.20. The molecule has 0 aromatic heterocycles. The van der Waals surface area contributed by atoms with Crippen LogP contribution in [-0.2, 0) is 4.79 Å². The highest BCUT2D eigenvalue weighted by Gasteiger charge is 1.94. The van der Waals surface area contributed by atoms with E-state index in [1.807, 2.05) is 39.8 Å². The van der Waals surface area contributed by atoms with E-state index in [4.69, 9.17) is 0 Å². The highest BCUT2D eigenvalue weighted by atomic mass is 16.1. The summed E-state index contributed by atoms with van der Waals surface area (Å²) >= 11 is 0. The van der Waals surface area contributed by atoms with Gasteiger partial charge in [-0.05, 0) is 20.3 Å². The molecule has 0 radical (unpaired) electrons. The summed E-state index contributed by atoms with van der Waals surface area (Å²) in [6.07, 6.45) is 7.05. The molecule has 0 aliphatic carbocycles. The molecule has 0 heterocycles. The largest absolute Gasteiger partial charge is 0.353 e. The van der Waals surface area contributed by atoms with Crippen molar-refractivity contribution in [3.05, 3.63) is 23.8 Å². The first-order valence-corrected chi connectivity index (χ1v) is 5.20. The van der Waals surface area contributed by atoms with Gasteiger partial charge in [-0.2, -0.15) is 0 Å². The summed E-state index contributed by atoms with van der Waals surface area (Å²) in [7, 11) is 0. The molecule has 0 aliphatic heterocycles. The number of nitrogens with one attached hydrogen (secondary N) is 1. The molecule has 82 valence electrons. The van der Waals surface area contributed by atoms with Gasteiger partial charge in [0.05, 0.1) is 0 Å². The molecule has 1 N–H and O–H groups in total. The van der Waals surface area contributed by atoms with Gasteiger partial charge < -0.3 is 5.32 Å². The van der Waals surface area contributed by atoms with E-state index in [0.717, 1.165) is 6.42 Å². The van der Waals surface area contributed by atoms with Crippen molar-refractivity contribution in [2.75, 3.05) is 6.54 Å². The van der Waals surface area contributed by atoms with Crippen LogP contribution in [0.2, 0.25) is 0 Å². The topological polar surface area (TPSA) is 29.1 Å². The Morgan fingerprint density at radius 2 is 1.86 bits per heavy atom. The maximum absolute atomic E-state index is 10.6. The molecule has 0 saturated carbocycles. The monoisotopic (exact) mass is 197 g/mol. The summed E-state index contributed by atoms with van der Waals surface area (Å²) in [5.41, 5.74) is 1.24. The zero-order chi connectivity index (χ0) is 11.4. The van der Waals surface area contributed by atoms with Crippen molar-refractivity contribution in [1.29, 1.82) is 0 Å². The molecule has 14 heavy (non-hydrogen) atoms. The third-order valence-corrected chi connectivity index (χ3v) is 1.59. The minimum absolute atomic E-state index is 0.0230. The van der Waals surface area contributed by atoms with E-state index in [-0.39, 0.29) is 5.91 Å². The molecular formula is C12H23NO. The fraction of sp³-hybridized carbons (Fsp3) is 0.583. The van der Waals surface area contributed by atoms with Crippen molar-refractivity contribution in [2.24, 2.45) is 0 Å². The number of carbonyl (C=O) groups excluding carboxylic acids is 1. The minimum Gasteiger partial charge on any atom is -0.353 e. The van der Waals surface area contributed by atoms with Crippen LogP contribution >= 0.6 is 0 Å². The minimum atomic E-state index is 0.0230. The summed E-state index contributed by atoms with van der Waals surface area (Å²) in [5.74, 6) is 0.0230. The molecule has 2 heteroatoms. The van der Waals surface area contributed by atoms with Crippen molar-refractivity contribution in [3.8, 4) is 0 Å². The summed E-state index contributed by atoms with van der Waals surface area (Å²) < 4.78 is 0. The predicted molar refractivity (Wildman–Crippen MR) is 63.2 cm³/mol. The molecular weight excluding hydrogens is 174 g/mol. The smallest absolute Gasteiger partial charge is 0.217 e. The zero-order valence-corrected chi connectivity index (χ0v) is 10.1. The molecule has 0 bridgehead atoms. The molecule has 0 fully saturated rings. The summed E-state index contributed by atoms with van der Waals surface area (Å²) in [6.45, 7) is 10.2. The number of hydrogen-bond donors (Lipinski definition) is 1. The van der Waals surface area contributed by atoms with Crippen LogP contribution in [0.4, 0.5) is 0 Å². The van der Waals surface area contributed by atoms with Gasteiger partial charge in [-0.1, -0.05) is 37.6 Å². The van der Waals surface area contributed by atoms with E-state index < -0.39 is 0 Å². The van der Waals surface area contributed by atoms with Gasteiger partial charge in [0, 0.05) is 13.5 Å². The average Bonchev–Trinajstić information content (AvgIpc) is 2.21. The van der Waals surface area contributed by atoms with Crippen LogP contribution in [0.25, 0.3) is 0 Å². The van der Waals surface area contributed by atoms with E-state index in [1.54, 1.807) is 0 Å². The maximum Gasteiger partial charge on any atom is 0.217 e. The molecule has 1 amide bonds. The van der Waals surface area contributed by atoms with E-state index in [0.29, 0.717) is 6.54 Å². The standard InChI is InChI=1S/C10H17NO.C2H6/c1-4-6-7-10(5-2)8-11-9(3)12;1-2/h4-6H,7-8H2,1-3H3,(H,11,12);1-2H3/b6-4-,10-5+;. The van der Waals surface area contributed by atoms with Gasteiger partial charge in [-0.25, -0.2) is 0 Å². The third kappa shape index (κ3) is 11.0. The second kappa shape index (κ2) is 11.9. The Bertz CT molecular complexity index is 192. The lowest BCUT2D eigenvalue weighted by Crippen LogP contribution is -2.22. The van der Waals surface area contributed by atoms with Crippen LogP contribution in [0.15, 0.2) is 23.8 Å². The molecule has 0 saturated heterocycles. The third-order valence-electron chi connectivity index (χ3n) is 1.59. The molecule has 0 spiro atoms. The molecule has 0 unspecified atom stereocenters. The Labute approximate surface area is 88.1 Å². The average molecular weight is 197 g/mol. The first kappa shape index (κ1) is 15.4. The van der Waals surface area contributed by atoms with E-state index in [1.165, 1.54) is 12.5 Å². The summed E-state index contributed by atoms with van der Waals surface area (Å²) in [5, 5.41) is 2.76. The lowest BCUT2D eigenvalue weighted by molar-refractivity contribution is -0.118. The number of carbonyl (C=O) groups is 1. The number of hydrogen-bond acceptors (Lipinski definition) is 1. The Balaban J connectivity index is 0. The quantitative estimate of drug-likeness (QED) is 0.689. The second-order valence-corrected chi connectivity index (χ2v) is 2.63. The highest BCUT2D eigenvalue weighted by molar-refractivity contribution is 5.73. The number of allylic oxidation sites excluding steroid dienone is 3. The van der Waals surface area contributed by atoms with Crippen LogP contribution in [0, 0.1) is 0 Å². The van der Waals surface area contributed by atoms with Crippen molar-refractivity contribution in [3.63, 3.8) is 0 Å². The van der Waals surface area contributed by atoms with Crippen LogP contribution < -0.4 is 5.32 Å². The zero-order valence-electron chi connectivity index (χ0n) is 10.1. The van der Waals surface area contributed by atoms with Crippen LogP contribution in [0.3, 0.4) is 0 Å². The van der Waals surface area contributed by atoms with Gasteiger partial charge in [-0.15, -0.1) is 0 Å². The van der Waals surface area contributed by atoms with Gasteiger partial charge in [0.15, 0.2) is 0 Å². The number of rotatable bonds is 4. The Morgan fingerprint density at radius 1 is 1.29 bits per heavy atom. The van der Waals surface area contributed by atoms with Gasteiger partial charge in [0.25, 0.3) is 0 Å². The van der Waals surface area contributed by atoms with Crippen molar-refractivity contribution in [2.45, 2.75) is 41.0 Å². The lowest BCUT2D eigenvalue weighted by atomic mass is 10.1. The van der Waals surface area contributed by atoms with E-state index >= 15 is 0 Å². The molecule has 0 aromatic rings. The van der Waals surface area contributed by atoms with E-state index in [2.05, 4.69) is 11.4 Å². The van der Waals surface area contributed by atoms with Gasteiger partial charge >= 0.3 is 0 Å². The van der Waals surface area contributed by atoms with Gasteiger partial charge in [-0.3, -0.25) is 4.79 Å². The Hall–Kier alpha value is -1.05. The van der Waals surface area contributed by atoms with Crippen molar-refractivity contribution in [1.82, 2.24) is 5.32 Å². The van der Waals surface area contributed by atoms with E-state index in [9.17, 15) is 4.79 Å². The molecule has 0 rings (SSSR count). The summed E-state index contributed by atoms with van der Waals surface area (Å²) in [6, 6.07) is 0. The molecule has 0 aromatic carbocycles. The van der Waals surface area contributed by atoms with Crippen LogP contribution in [0.5, 0.6) is 0 Å². The first-order chi connectivity index (χ1) is 6.70. The number of amides is 1. The Kier molecular flexibility index (Phi) is 13.2. The highest BCUT2D eigenvalue weighted by Crippen LogP contribution is 2.00. The van der Waals surface area contributed by atoms with Crippen molar-refractivity contribution < 1.29 is 4.79 Å². The Morgan fingerprint density at radius 3 is 2.21 bits per heavy atom. The molecule has 0 aliphatic rings. The normalized spacial score (nSPS) is 10.8. The van der Waals surface area contributed by atoms with Gasteiger partial charge in [0.2, 0.25) is 5.91 Å². The fourth-order valence-corrected chi connectivity index (χ4v) is 0.799. The maximum atomic E-state index is 10.6. The SMILES string of the molecule is C/C=C\C/C(=C\C)CNC(C)=O.CC. The second-order valence-electron chi connectivity index (χ2n) is 2.63. The fourth-order valence-electron chi connectivity index (χ4n) is 0.799. The van der Waals surface area contributed by atoms with Gasteiger partial charge in [0.1, 0.15) is 0 Å². The summed E-state index contributed by atoms with van der Waals surface area (Å²) in [4.78, 5) is 10.6. The lowest BCUT2D eigenvalue weighted by Gasteiger charge is -2.03. The van der Waals surface area contributed by atoms with Crippen LogP contribution in [-0.4, -0.2) is 12.5 Å². The van der Waals surface area contributed by atoms with Crippen molar-refractivity contribution >= 4 is 5.91 Å².